The third-order valence-electron chi connectivity index (χ3n) is 2.04. The number of nitrogens with zero attached hydrogens (tertiary/aromatic N) is 2. The Kier molecular flexibility index (Phi) is 4.45. The number of rotatable bonds is 3. The minimum atomic E-state index is -0.629. The van der Waals surface area contributed by atoms with E-state index in [4.69, 9.17) is 10.9 Å². The molecule has 0 radical (unpaired) electrons. The van der Waals surface area contributed by atoms with Crippen molar-refractivity contribution in [3.8, 4) is 0 Å². The molecular formula is C10H11BrFN3O2. The van der Waals surface area contributed by atoms with Crippen LogP contribution in [0.25, 0.3) is 0 Å². The zero-order valence-electron chi connectivity index (χ0n) is 9.02. The van der Waals surface area contributed by atoms with Gasteiger partial charge in [-0.05, 0) is 18.2 Å². The van der Waals surface area contributed by atoms with Gasteiger partial charge in [-0.2, -0.15) is 0 Å². The molecule has 0 fully saturated rings. The third-order valence-corrected chi connectivity index (χ3v) is 2.53. The molecular weight excluding hydrogens is 293 g/mol. The minimum Gasteiger partial charge on any atom is -0.409 e. The second kappa shape index (κ2) is 5.62. The normalized spacial score (nSPS) is 11.4. The summed E-state index contributed by atoms with van der Waals surface area (Å²) in [6, 6.07) is 4.13. The maximum Gasteiger partial charge on any atom is 0.256 e. The monoisotopic (exact) mass is 303 g/mol. The van der Waals surface area contributed by atoms with Gasteiger partial charge in [-0.15, -0.1) is 0 Å². The van der Waals surface area contributed by atoms with Crippen molar-refractivity contribution in [1.29, 1.82) is 0 Å². The van der Waals surface area contributed by atoms with E-state index in [1.165, 1.54) is 19.2 Å². The maximum absolute atomic E-state index is 13.5. The van der Waals surface area contributed by atoms with E-state index in [1.807, 2.05) is 0 Å². The molecule has 0 bridgehead atoms. The topological polar surface area (TPSA) is 78.9 Å². The van der Waals surface area contributed by atoms with Gasteiger partial charge in [0.2, 0.25) is 0 Å². The lowest BCUT2D eigenvalue weighted by Gasteiger charge is -2.16. The predicted molar refractivity (Wildman–Crippen MR) is 64.5 cm³/mol. The zero-order valence-corrected chi connectivity index (χ0v) is 10.6. The van der Waals surface area contributed by atoms with E-state index < -0.39 is 11.7 Å². The highest BCUT2D eigenvalue weighted by molar-refractivity contribution is 9.10. The second-order valence-electron chi connectivity index (χ2n) is 3.38. The molecule has 1 rings (SSSR count). The summed E-state index contributed by atoms with van der Waals surface area (Å²) in [6.07, 6.45) is 0. The smallest absolute Gasteiger partial charge is 0.256 e. The largest absolute Gasteiger partial charge is 0.409 e. The average molecular weight is 304 g/mol. The summed E-state index contributed by atoms with van der Waals surface area (Å²) in [5, 5.41) is 11.1. The van der Waals surface area contributed by atoms with Crippen molar-refractivity contribution < 1.29 is 14.4 Å². The SMILES string of the molecule is CN(CC(N)=NO)C(=O)c1ccc(Br)cc1F. The molecule has 0 saturated heterocycles. The lowest BCUT2D eigenvalue weighted by atomic mass is 10.2. The molecule has 0 saturated carbocycles. The van der Waals surface area contributed by atoms with Crippen LogP contribution in [-0.2, 0) is 0 Å². The molecule has 5 nitrogen and oxygen atoms in total. The molecule has 0 aliphatic heterocycles. The average Bonchev–Trinajstić information content (AvgIpc) is 2.28. The standard InChI is InChI=1S/C10H11BrFN3O2/c1-15(5-9(13)14-17)10(16)7-3-2-6(11)4-8(7)12/h2-4,17H,5H2,1H3,(H2,13,14). The summed E-state index contributed by atoms with van der Waals surface area (Å²) < 4.78 is 14.0. The van der Waals surface area contributed by atoms with Crippen LogP contribution in [0.15, 0.2) is 27.8 Å². The molecule has 3 N–H and O–H groups in total. The fourth-order valence-electron chi connectivity index (χ4n) is 1.21. The highest BCUT2D eigenvalue weighted by atomic mass is 79.9. The summed E-state index contributed by atoms with van der Waals surface area (Å²) in [6.45, 7) is -0.0785. The fourth-order valence-corrected chi connectivity index (χ4v) is 1.55. The van der Waals surface area contributed by atoms with E-state index in [0.29, 0.717) is 4.47 Å². The van der Waals surface area contributed by atoms with E-state index in [2.05, 4.69) is 21.1 Å². The molecule has 0 aromatic heterocycles. The number of benzene rings is 1. The molecule has 0 spiro atoms. The number of nitrogens with two attached hydrogens (primary N) is 1. The zero-order chi connectivity index (χ0) is 13.0. The molecule has 0 unspecified atom stereocenters. The van der Waals surface area contributed by atoms with Gasteiger partial charge in [0.25, 0.3) is 5.91 Å². The minimum absolute atomic E-state index is 0.0681. The molecule has 0 aliphatic rings. The van der Waals surface area contributed by atoms with E-state index >= 15 is 0 Å². The van der Waals surface area contributed by atoms with Crippen LogP contribution in [0.5, 0.6) is 0 Å². The van der Waals surface area contributed by atoms with Crippen LogP contribution >= 0.6 is 15.9 Å². The Morgan fingerprint density at radius 2 is 2.29 bits per heavy atom. The van der Waals surface area contributed by atoms with Gasteiger partial charge in [0, 0.05) is 11.5 Å². The van der Waals surface area contributed by atoms with Gasteiger partial charge in [-0.1, -0.05) is 21.1 Å². The molecule has 92 valence electrons. The van der Waals surface area contributed by atoms with E-state index in [1.54, 1.807) is 6.07 Å². The van der Waals surface area contributed by atoms with Crippen molar-refractivity contribution in [2.24, 2.45) is 10.9 Å². The van der Waals surface area contributed by atoms with Crippen LogP contribution in [-0.4, -0.2) is 35.4 Å². The summed E-state index contributed by atoms with van der Waals surface area (Å²) in [4.78, 5) is 13.0. The maximum atomic E-state index is 13.5. The van der Waals surface area contributed by atoms with E-state index in [9.17, 15) is 9.18 Å². The summed E-state index contributed by atoms with van der Waals surface area (Å²) in [7, 11) is 1.43. The first-order chi connectivity index (χ1) is 7.95. The Hall–Kier alpha value is -1.63. The number of amidine groups is 1. The Labute approximate surface area is 106 Å². The van der Waals surface area contributed by atoms with Crippen molar-refractivity contribution in [3.05, 3.63) is 34.1 Å². The van der Waals surface area contributed by atoms with Gasteiger partial charge < -0.3 is 15.8 Å². The van der Waals surface area contributed by atoms with Crippen LogP contribution in [0.2, 0.25) is 0 Å². The lowest BCUT2D eigenvalue weighted by Crippen LogP contribution is -2.35. The van der Waals surface area contributed by atoms with Gasteiger partial charge in [0.15, 0.2) is 5.84 Å². The number of oxime groups is 1. The summed E-state index contributed by atoms with van der Waals surface area (Å²) >= 11 is 3.10. The molecule has 0 aliphatic carbocycles. The Balaban J connectivity index is 2.89. The van der Waals surface area contributed by atoms with Crippen LogP contribution in [0.4, 0.5) is 4.39 Å². The fraction of sp³-hybridized carbons (Fsp3) is 0.200. The van der Waals surface area contributed by atoms with Crippen LogP contribution in [0.3, 0.4) is 0 Å². The van der Waals surface area contributed by atoms with Crippen molar-refractivity contribution in [2.75, 3.05) is 13.6 Å². The molecule has 1 aromatic carbocycles. The van der Waals surface area contributed by atoms with Crippen molar-refractivity contribution in [3.63, 3.8) is 0 Å². The van der Waals surface area contributed by atoms with Crippen molar-refractivity contribution >= 4 is 27.7 Å². The number of amides is 1. The molecule has 0 heterocycles. The van der Waals surface area contributed by atoms with Crippen molar-refractivity contribution in [1.82, 2.24) is 4.90 Å². The molecule has 7 heteroatoms. The first-order valence-electron chi connectivity index (χ1n) is 4.62. The first-order valence-corrected chi connectivity index (χ1v) is 5.42. The van der Waals surface area contributed by atoms with Crippen LogP contribution < -0.4 is 5.73 Å². The number of carbonyl (C=O) groups is 1. The number of halogens is 2. The third kappa shape index (κ3) is 3.42. The molecule has 0 atom stereocenters. The Bertz CT molecular complexity index is 465. The lowest BCUT2D eigenvalue weighted by molar-refractivity contribution is 0.0809. The van der Waals surface area contributed by atoms with Gasteiger partial charge in [-0.3, -0.25) is 4.79 Å². The quantitative estimate of drug-likeness (QED) is 0.383. The van der Waals surface area contributed by atoms with E-state index in [-0.39, 0.29) is 17.9 Å². The van der Waals surface area contributed by atoms with Crippen molar-refractivity contribution in [2.45, 2.75) is 0 Å². The molecule has 17 heavy (non-hydrogen) atoms. The van der Waals surface area contributed by atoms with E-state index in [0.717, 1.165) is 4.90 Å². The predicted octanol–water partition coefficient (Wildman–Crippen LogP) is 1.41. The summed E-state index contributed by atoms with van der Waals surface area (Å²) in [5.74, 6) is -1.30. The second-order valence-corrected chi connectivity index (χ2v) is 4.29. The van der Waals surface area contributed by atoms with Gasteiger partial charge in [0.1, 0.15) is 5.82 Å². The van der Waals surface area contributed by atoms with Gasteiger partial charge in [0.05, 0.1) is 12.1 Å². The summed E-state index contributed by atoms with van der Waals surface area (Å²) in [5.41, 5.74) is 5.19. The number of hydrogen-bond donors (Lipinski definition) is 2. The highest BCUT2D eigenvalue weighted by Crippen LogP contribution is 2.16. The molecule has 1 aromatic rings. The molecule has 1 amide bonds. The first kappa shape index (κ1) is 13.4. The Morgan fingerprint density at radius 3 is 2.82 bits per heavy atom. The van der Waals surface area contributed by atoms with Crippen LogP contribution in [0, 0.1) is 5.82 Å². The van der Waals surface area contributed by atoms with Gasteiger partial charge in [-0.25, -0.2) is 4.39 Å². The highest BCUT2D eigenvalue weighted by Gasteiger charge is 2.17. The number of carbonyl (C=O) groups excluding carboxylic acids is 1. The number of hydrogen-bond acceptors (Lipinski definition) is 3. The number of likely N-dealkylation sites (N-methyl/N-ethyl adjacent to an activating group) is 1. The van der Waals surface area contributed by atoms with Crippen LogP contribution in [0.1, 0.15) is 10.4 Å². The Morgan fingerprint density at radius 1 is 1.65 bits per heavy atom. The van der Waals surface area contributed by atoms with Gasteiger partial charge >= 0.3 is 0 Å².